The van der Waals surface area contributed by atoms with Crippen LogP contribution in [0.4, 0.5) is 0 Å². The van der Waals surface area contributed by atoms with Crippen LogP contribution in [0.1, 0.15) is 24.2 Å². The van der Waals surface area contributed by atoms with Crippen LogP contribution < -0.4 is 16.0 Å². The monoisotopic (exact) mass is 324 g/mol. The fourth-order valence-electron chi connectivity index (χ4n) is 2.06. The molecule has 5 nitrogen and oxygen atoms in total. The molecule has 102 valence electrons. The summed E-state index contributed by atoms with van der Waals surface area (Å²) in [4.78, 5) is 0. The van der Waals surface area contributed by atoms with Crippen molar-refractivity contribution in [2.24, 2.45) is 5.84 Å². The molecule has 0 fully saturated rings. The molecular weight excluding hydrogens is 308 g/mol. The van der Waals surface area contributed by atoms with E-state index in [4.69, 9.17) is 10.6 Å². The summed E-state index contributed by atoms with van der Waals surface area (Å²) in [6, 6.07) is 7.62. The van der Waals surface area contributed by atoms with Gasteiger partial charge in [-0.15, -0.1) is 0 Å². The lowest BCUT2D eigenvalue weighted by Crippen LogP contribution is -2.31. The minimum Gasteiger partial charge on any atom is -0.497 e. The molecule has 6 heteroatoms. The lowest BCUT2D eigenvalue weighted by molar-refractivity contribution is 0.413. The standard InChI is InChI=1S/C13H17BrN4O/c1-3-18-12(6-7-16-18)13(17-15)10-8-9(19-2)4-5-11(10)14/h4-8,13,17H,3,15H2,1-2H3. The van der Waals surface area contributed by atoms with Crippen LogP contribution in [0.5, 0.6) is 5.75 Å². The van der Waals surface area contributed by atoms with Gasteiger partial charge in [-0.05, 0) is 36.8 Å². The Morgan fingerprint density at radius 1 is 1.47 bits per heavy atom. The summed E-state index contributed by atoms with van der Waals surface area (Å²) >= 11 is 3.55. The van der Waals surface area contributed by atoms with Crippen LogP contribution in [0.2, 0.25) is 0 Å². The normalized spacial score (nSPS) is 12.4. The highest BCUT2D eigenvalue weighted by molar-refractivity contribution is 9.10. The zero-order valence-corrected chi connectivity index (χ0v) is 12.5. The molecule has 0 saturated heterocycles. The number of nitrogens with two attached hydrogens (primary N) is 1. The van der Waals surface area contributed by atoms with E-state index in [1.54, 1.807) is 13.3 Å². The second-order valence-corrected chi connectivity index (χ2v) is 4.91. The third-order valence-electron chi connectivity index (χ3n) is 3.03. The lowest BCUT2D eigenvalue weighted by atomic mass is 10.0. The number of aromatic nitrogens is 2. The Balaban J connectivity index is 2.47. The Kier molecular flexibility index (Phi) is 4.57. The van der Waals surface area contributed by atoms with Gasteiger partial charge in [0.1, 0.15) is 5.75 Å². The number of ether oxygens (including phenoxy) is 1. The first-order valence-electron chi connectivity index (χ1n) is 6.02. The molecule has 0 amide bonds. The second-order valence-electron chi connectivity index (χ2n) is 4.06. The maximum atomic E-state index is 5.73. The number of methoxy groups -OCH3 is 1. The highest BCUT2D eigenvalue weighted by Gasteiger charge is 2.19. The first-order valence-corrected chi connectivity index (χ1v) is 6.81. The molecule has 0 aliphatic heterocycles. The van der Waals surface area contributed by atoms with Gasteiger partial charge in [0.05, 0.1) is 18.8 Å². The Hall–Kier alpha value is -1.37. The van der Waals surface area contributed by atoms with Crippen LogP contribution in [-0.4, -0.2) is 16.9 Å². The number of hydrazine groups is 1. The van der Waals surface area contributed by atoms with Crippen molar-refractivity contribution >= 4 is 15.9 Å². The van der Waals surface area contributed by atoms with Gasteiger partial charge in [-0.1, -0.05) is 15.9 Å². The van der Waals surface area contributed by atoms with Gasteiger partial charge in [0, 0.05) is 17.2 Å². The van der Waals surface area contributed by atoms with E-state index in [0.29, 0.717) is 0 Å². The molecule has 19 heavy (non-hydrogen) atoms. The predicted molar refractivity (Wildman–Crippen MR) is 77.8 cm³/mol. The highest BCUT2D eigenvalue weighted by atomic mass is 79.9. The van der Waals surface area contributed by atoms with Gasteiger partial charge in [-0.2, -0.15) is 5.10 Å². The number of rotatable bonds is 5. The third-order valence-corrected chi connectivity index (χ3v) is 3.75. The number of halogens is 1. The summed E-state index contributed by atoms with van der Waals surface area (Å²) in [5, 5.41) is 4.28. The first-order chi connectivity index (χ1) is 9.21. The molecule has 0 bridgehead atoms. The minimum absolute atomic E-state index is 0.146. The van der Waals surface area contributed by atoms with Crippen LogP contribution in [0.3, 0.4) is 0 Å². The Morgan fingerprint density at radius 2 is 2.26 bits per heavy atom. The van der Waals surface area contributed by atoms with Crippen molar-refractivity contribution in [1.82, 2.24) is 15.2 Å². The molecule has 0 spiro atoms. The lowest BCUT2D eigenvalue weighted by Gasteiger charge is -2.19. The van der Waals surface area contributed by atoms with E-state index in [1.165, 1.54) is 0 Å². The molecular formula is C13H17BrN4O. The van der Waals surface area contributed by atoms with Gasteiger partial charge in [0.25, 0.3) is 0 Å². The van der Waals surface area contributed by atoms with Crippen molar-refractivity contribution in [3.8, 4) is 5.75 Å². The second kappa shape index (κ2) is 6.18. The highest BCUT2D eigenvalue weighted by Crippen LogP contribution is 2.31. The minimum atomic E-state index is -0.146. The maximum absolute atomic E-state index is 5.73. The van der Waals surface area contributed by atoms with Crippen molar-refractivity contribution in [3.63, 3.8) is 0 Å². The first kappa shape index (κ1) is 14.0. The molecule has 1 aromatic carbocycles. The molecule has 1 atom stereocenters. The zero-order chi connectivity index (χ0) is 13.8. The van der Waals surface area contributed by atoms with E-state index in [9.17, 15) is 0 Å². The predicted octanol–water partition coefficient (Wildman–Crippen LogP) is 2.23. The average molecular weight is 325 g/mol. The molecule has 3 N–H and O–H groups in total. The summed E-state index contributed by atoms with van der Waals surface area (Å²) in [6.07, 6.45) is 1.78. The van der Waals surface area contributed by atoms with E-state index < -0.39 is 0 Å². The smallest absolute Gasteiger partial charge is 0.119 e. The number of hydrogen-bond donors (Lipinski definition) is 2. The summed E-state index contributed by atoms with van der Waals surface area (Å²) < 4.78 is 8.15. The van der Waals surface area contributed by atoms with Gasteiger partial charge < -0.3 is 4.74 Å². The Labute approximate surface area is 120 Å². The van der Waals surface area contributed by atoms with Gasteiger partial charge in [-0.25, -0.2) is 5.43 Å². The Bertz CT molecular complexity index is 555. The van der Waals surface area contributed by atoms with Crippen LogP contribution >= 0.6 is 15.9 Å². The van der Waals surface area contributed by atoms with Crippen LogP contribution in [0.15, 0.2) is 34.9 Å². The average Bonchev–Trinajstić information content (AvgIpc) is 2.90. The van der Waals surface area contributed by atoms with Gasteiger partial charge in [0.15, 0.2) is 0 Å². The Morgan fingerprint density at radius 3 is 2.89 bits per heavy atom. The number of hydrogen-bond acceptors (Lipinski definition) is 4. The quantitative estimate of drug-likeness (QED) is 0.654. The van der Waals surface area contributed by atoms with Crippen LogP contribution in [-0.2, 0) is 6.54 Å². The third kappa shape index (κ3) is 2.80. The summed E-state index contributed by atoms with van der Waals surface area (Å²) in [6.45, 7) is 2.84. The van der Waals surface area contributed by atoms with Crippen LogP contribution in [0, 0.1) is 0 Å². The molecule has 0 saturated carbocycles. The van der Waals surface area contributed by atoms with Gasteiger partial charge >= 0.3 is 0 Å². The van der Waals surface area contributed by atoms with Crippen molar-refractivity contribution in [2.75, 3.05) is 7.11 Å². The van der Waals surface area contributed by atoms with Crippen LogP contribution in [0.25, 0.3) is 0 Å². The fraction of sp³-hybridized carbons (Fsp3) is 0.308. The fourth-order valence-corrected chi connectivity index (χ4v) is 2.53. The molecule has 0 radical (unpaired) electrons. The summed E-state index contributed by atoms with van der Waals surface area (Å²) in [5.41, 5.74) is 4.87. The number of nitrogens with one attached hydrogen (secondary N) is 1. The van der Waals surface area contributed by atoms with Crippen molar-refractivity contribution < 1.29 is 4.74 Å². The number of aryl methyl sites for hydroxylation is 1. The largest absolute Gasteiger partial charge is 0.497 e. The van der Waals surface area contributed by atoms with E-state index in [2.05, 4.69) is 26.5 Å². The molecule has 1 heterocycles. The van der Waals surface area contributed by atoms with E-state index in [-0.39, 0.29) is 6.04 Å². The molecule has 2 aromatic rings. The topological polar surface area (TPSA) is 65.1 Å². The molecule has 1 unspecified atom stereocenters. The number of nitrogens with zero attached hydrogens (tertiary/aromatic N) is 2. The summed E-state index contributed by atoms with van der Waals surface area (Å²) in [7, 11) is 1.65. The molecule has 2 rings (SSSR count). The zero-order valence-electron chi connectivity index (χ0n) is 10.9. The molecule has 1 aromatic heterocycles. The van der Waals surface area contributed by atoms with Crippen molar-refractivity contribution in [3.05, 3.63) is 46.2 Å². The van der Waals surface area contributed by atoms with E-state index >= 15 is 0 Å². The van der Waals surface area contributed by atoms with Gasteiger partial charge in [-0.3, -0.25) is 10.5 Å². The van der Waals surface area contributed by atoms with Crippen molar-refractivity contribution in [1.29, 1.82) is 0 Å². The SMILES string of the molecule is CCn1nccc1C(NN)c1cc(OC)ccc1Br. The molecule has 0 aliphatic rings. The maximum Gasteiger partial charge on any atom is 0.119 e. The van der Waals surface area contributed by atoms with Crippen molar-refractivity contribution in [2.45, 2.75) is 19.5 Å². The van der Waals surface area contributed by atoms with E-state index in [1.807, 2.05) is 35.9 Å². The number of benzene rings is 1. The summed E-state index contributed by atoms with van der Waals surface area (Å²) in [5.74, 6) is 6.52. The van der Waals surface area contributed by atoms with Gasteiger partial charge in [0.2, 0.25) is 0 Å². The molecule has 0 aliphatic carbocycles. The van der Waals surface area contributed by atoms with E-state index in [0.717, 1.165) is 28.0 Å².